The van der Waals surface area contributed by atoms with Gasteiger partial charge in [-0.15, -0.1) is 0 Å². The molecule has 0 aromatic heterocycles. The number of benzene rings is 2. The molecule has 3 rings (SSSR count). The minimum atomic E-state index is -0.718. The number of nitrogens with zero attached hydrogens (tertiary/aromatic N) is 1. The second kappa shape index (κ2) is 11.1. The number of amides is 3. The fourth-order valence-electron chi connectivity index (χ4n) is 3.93. The Morgan fingerprint density at radius 3 is 2.12 bits per heavy atom. The lowest BCUT2D eigenvalue weighted by atomic mass is 9.87. The Morgan fingerprint density at radius 1 is 0.909 bits per heavy atom. The van der Waals surface area contributed by atoms with Gasteiger partial charge in [-0.05, 0) is 55.9 Å². The Bertz CT molecular complexity index is 972. The number of piperidine rings is 1. The molecule has 0 aliphatic carbocycles. The first-order valence-corrected chi connectivity index (χ1v) is 11.5. The van der Waals surface area contributed by atoms with Gasteiger partial charge in [-0.2, -0.15) is 0 Å². The van der Waals surface area contributed by atoms with Crippen LogP contribution in [0.3, 0.4) is 0 Å². The van der Waals surface area contributed by atoms with E-state index < -0.39 is 11.9 Å². The van der Waals surface area contributed by atoms with Gasteiger partial charge < -0.3 is 15.5 Å². The Hall–Kier alpha value is -3.22. The molecular formula is C26H32FN3O3. The van der Waals surface area contributed by atoms with E-state index in [4.69, 9.17) is 0 Å². The summed E-state index contributed by atoms with van der Waals surface area (Å²) >= 11 is 0. The highest BCUT2D eigenvalue weighted by atomic mass is 19.1. The van der Waals surface area contributed by atoms with Crippen molar-refractivity contribution in [3.63, 3.8) is 0 Å². The Morgan fingerprint density at radius 2 is 1.52 bits per heavy atom. The molecule has 0 spiro atoms. The summed E-state index contributed by atoms with van der Waals surface area (Å²) in [4.78, 5) is 40.3. The fourth-order valence-corrected chi connectivity index (χ4v) is 3.93. The van der Waals surface area contributed by atoms with E-state index >= 15 is 0 Å². The predicted molar refractivity (Wildman–Crippen MR) is 125 cm³/mol. The average molecular weight is 454 g/mol. The SMILES string of the molecule is CC(C)[C@H](C)NC(=O)[C@@H](NC(=O)c1ccccc1)C1CCN(C(=O)c2ccccc2F)CC1. The van der Waals surface area contributed by atoms with Crippen LogP contribution in [0.15, 0.2) is 54.6 Å². The minimum absolute atomic E-state index is 0.0450. The molecule has 0 bridgehead atoms. The maximum Gasteiger partial charge on any atom is 0.256 e. The summed E-state index contributed by atoms with van der Waals surface area (Å²) in [7, 11) is 0. The van der Waals surface area contributed by atoms with E-state index in [1.54, 1.807) is 41.3 Å². The molecule has 7 heteroatoms. The summed E-state index contributed by atoms with van der Waals surface area (Å²) in [6.45, 7) is 6.77. The Labute approximate surface area is 194 Å². The van der Waals surface area contributed by atoms with Gasteiger partial charge in [0, 0.05) is 24.7 Å². The van der Waals surface area contributed by atoms with Crippen molar-refractivity contribution in [3.8, 4) is 0 Å². The first kappa shape index (κ1) is 24.4. The number of halogens is 1. The normalized spacial score (nSPS) is 16.2. The first-order chi connectivity index (χ1) is 15.8. The van der Waals surface area contributed by atoms with E-state index in [-0.39, 0.29) is 41.2 Å². The van der Waals surface area contributed by atoms with Crippen LogP contribution in [-0.4, -0.2) is 47.8 Å². The monoisotopic (exact) mass is 453 g/mol. The molecule has 2 atom stereocenters. The van der Waals surface area contributed by atoms with Crippen LogP contribution in [0.4, 0.5) is 4.39 Å². The molecule has 0 unspecified atom stereocenters. The summed E-state index contributed by atoms with van der Waals surface area (Å²) in [5.41, 5.74) is 0.535. The van der Waals surface area contributed by atoms with E-state index in [1.807, 2.05) is 26.8 Å². The van der Waals surface area contributed by atoms with Crippen LogP contribution in [0.25, 0.3) is 0 Å². The van der Waals surface area contributed by atoms with E-state index in [0.29, 0.717) is 31.5 Å². The van der Waals surface area contributed by atoms with Crippen molar-refractivity contribution in [1.29, 1.82) is 0 Å². The zero-order chi connectivity index (χ0) is 24.0. The van der Waals surface area contributed by atoms with Gasteiger partial charge in [-0.3, -0.25) is 14.4 Å². The van der Waals surface area contributed by atoms with Crippen molar-refractivity contribution in [2.45, 2.75) is 45.7 Å². The molecule has 2 aromatic carbocycles. The molecule has 3 amide bonds. The van der Waals surface area contributed by atoms with Crippen LogP contribution >= 0.6 is 0 Å². The molecule has 1 fully saturated rings. The highest BCUT2D eigenvalue weighted by molar-refractivity contribution is 5.97. The van der Waals surface area contributed by atoms with Crippen molar-refractivity contribution in [1.82, 2.24) is 15.5 Å². The van der Waals surface area contributed by atoms with Crippen LogP contribution < -0.4 is 10.6 Å². The van der Waals surface area contributed by atoms with Crippen molar-refractivity contribution in [2.75, 3.05) is 13.1 Å². The Kier molecular flexibility index (Phi) is 8.20. The lowest BCUT2D eigenvalue weighted by Crippen LogP contribution is -2.55. The highest BCUT2D eigenvalue weighted by Gasteiger charge is 2.35. The van der Waals surface area contributed by atoms with Crippen LogP contribution in [0.5, 0.6) is 0 Å². The summed E-state index contributed by atoms with van der Waals surface area (Å²) in [6, 6.07) is 14.0. The van der Waals surface area contributed by atoms with Gasteiger partial charge in [0.15, 0.2) is 0 Å². The molecule has 33 heavy (non-hydrogen) atoms. The van der Waals surface area contributed by atoms with Crippen LogP contribution in [0.1, 0.15) is 54.3 Å². The predicted octanol–water partition coefficient (Wildman–Crippen LogP) is 3.64. The molecule has 0 radical (unpaired) electrons. The van der Waals surface area contributed by atoms with Gasteiger partial charge in [-0.25, -0.2) is 4.39 Å². The molecule has 0 saturated carbocycles. The quantitative estimate of drug-likeness (QED) is 0.672. The number of carbonyl (C=O) groups excluding carboxylic acids is 3. The second-order valence-electron chi connectivity index (χ2n) is 8.97. The number of carbonyl (C=O) groups is 3. The minimum Gasteiger partial charge on any atom is -0.352 e. The lowest BCUT2D eigenvalue weighted by molar-refractivity contribution is -0.125. The van der Waals surface area contributed by atoms with E-state index in [1.165, 1.54) is 12.1 Å². The maximum absolute atomic E-state index is 14.0. The topological polar surface area (TPSA) is 78.5 Å². The van der Waals surface area contributed by atoms with Crippen molar-refractivity contribution in [3.05, 3.63) is 71.5 Å². The molecule has 2 N–H and O–H groups in total. The number of rotatable bonds is 7. The van der Waals surface area contributed by atoms with Gasteiger partial charge in [0.05, 0.1) is 5.56 Å². The third-order valence-electron chi connectivity index (χ3n) is 6.38. The summed E-state index contributed by atoms with van der Waals surface area (Å²) in [6.07, 6.45) is 1.06. The van der Waals surface area contributed by atoms with E-state index in [0.717, 1.165) is 0 Å². The van der Waals surface area contributed by atoms with Gasteiger partial charge in [0.2, 0.25) is 5.91 Å². The fraction of sp³-hybridized carbons (Fsp3) is 0.423. The molecule has 176 valence electrons. The Balaban J connectivity index is 1.71. The summed E-state index contributed by atoms with van der Waals surface area (Å²) < 4.78 is 14.0. The van der Waals surface area contributed by atoms with Gasteiger partial charge >= 0.3 is 0 Å². The molecule has 1 saturated heterocycles. The smallest absolute Gasteiger partial charge is 0.256 e. The number of nitrogens with one attached hydrogen (secondary N) is 2. The molecule has 1 aliphatic heterocycles. The number of likely N-dealkylation sites (tertiary alicyclic amines) is 1. The molecule has 6 nitrogen and oxygen atoms in total. The molecule has 1 aliphatic rings. The highest BCUT2D eigenvalue weighted by Crippen LogP contribution is 2.24. The zero-order valence-corrected chi connectivity index (χ0v) is 19.4. The molecule has 1 heterocycles. The van der Waals surface area contributed by atoms with E-state index in [2.05, 4.69) is 10.6 Å². The second-order valence-corrected chi connectivity index (χ2v) is 8.97. The van der Waals surface area contributed by atoms with Crippen LogP contribution in [0, 0.1) is 17.7 Å². The van der Waals surface area contributed by atoms with Gasteiger partial charge in [0.25, 0.3) is 11.8 Å². The summed E-state index contributed by atoms with van der Waals surface area (Å²) in [5, 5.41) is 5.93. The van der Waals surface area contributed by atoms with Crippen molar-refractivity contribution in [2.24, 2.45) is 11.8 Å². The third kappa shape index (κ3) is 6.18. The molecule has 2 aromatic rings. The first-order valence-electron chi connectivity index (χ1n) is 11.5. The van der Waals surface area contributed by atoms with Crippen molar-refractivity contribution >= 4 is 17.7 Å². The lowest BCUT2D eigenvalue weighted by Gasteiger charge is -2.36. The van der Waals surface area contributed by atoms with Gasteiger partial charge in [-0.1, -0.05) is 44.2 Å². The standard InChI is InChI=1S/C26H32FN3O3/c1-17(2)18(3)28-25(32)23(29-24(31)20-9-5-4-6-10-20)19-13-15-30(16-14-19)26(33)21-11-7-8-12-22(21)27/h4-12,17-19,23H,13-16H2,1-3H3,(H,28,32)(H,29,31)/t18-,23-/m0/s1. The maximum atomic E-state index is 14.0. The van der Waals surface area contributed by atoms with Crippen LogP contribution in [0.2, 0.25) is 0 Å². The zero-order valence-electron chi connectivity index (χ0n) is 19.4. The third-order valence-corrected chi connectivity index (χ3v) is 6.38. The van der Waals surface area contributed by atoms with Gasteiger partial charge in [0.1, 0.15) is 11.9 Å². The van der Waals surface area contributed by atoms with Crippen molar-refractivity contribution < 1.29 is 18.8 Å². The average Bonchev–Trinajstić information content (AvgIpc) is 2.82. The number of hydrogen-bond donors (Lipinski definition) is 2. The molecular weight excluding hydrogens is 421 g/mol. The number of hydrogen-bond acceptors (Lipinski definition) is 3. The van der Waals surface area contributed by atoms with E-state index in [9.17, 15) is 18.8 Å². The largest absolute Gasteiger partial charge is 0.352 e. The summed E-state index contributed by atoms with van der Waals surface area (Å²) in [5.74, 6) is -1.31. The van der Waals surface area contributed by atoms with Crippen LogP contribution in [-0.2, 0) is 4.79 Å².